The number of phenolic OH excluding ortho intramolecular Hbond substituents is 4. The molecular weight excluding hydrogens is 552 g/mol. The van der Waals surface area contributed by atoms with Crippen molar-refractivity contribution in [2.45, 2.75) is 61.4 Å². The van der Waals surface area contributed by atoms with E-state index in [0.717, 1.165) is 6.07 Å². The van der Waals surface area contributed by atoms with Gasteiger partial charge in [0.1, 0.15) is 59.8 Å². The van der Waals surface area contributed by atoms with Gasteiger partial charge in [0.15, 0.2) is 23.5 Å². The van der Waals surface area contributed by atoms with Crippen LogP contribution in [0.2, 0.25) is 0 Å². The topological polar surface area (TPSA) is 252 Å². The van der Waals surface area contributed by atoms with E-state index in [9.17, 15) is 51.1 Å². The summed E-state index contributed by atoms with van der Waals surface area (Å²) in [5.41, 5.74) is 0.446. The van der Waals surface area contributed by atoms with Crippen LogP contribution in [-0.4, -0.2) is 124 Å². The minimum absolute atomic E-state index is 0.0426. The zero-order valence-electron chi connectivity index (χ0n) is 21.2. The van der Waals surface area contributed by atoms with Gasteiger partial charge in [-0.25, -0.2) is 0 Å². The van der Waals surface area contributed by atoms with Crippen LogP contribution < -0.4 is 0 Å². The maximum atomic E-state index is 10.7. The van der Waals surface area contributed by atoms with E-state index in [1.165, 1.54) is 30.3 Å². The fraction of sp³-hybridized carbons (Fsp3) is 0.462. The zero-order valence-corrected chi connectivity index (χ0v) is 21.2. The Morgan fingerprint density at radius 2 is 1.51 bits per heavy atom. The molecule has 3 aliphatic rings. The molecule has 3 aliphatic heterocycles. The van der Waals surface area contributed by atoms with Crippen LogP contribution in [-0.2, 0) is 18.9 Å². The Labute approximate surface area is 231 Å². The third kappa shape index (κ3) is 5.72. The predicted octanol–water partition coefficient (Wildman–Crippen LogP) is -1.87. The number of aliphatic hydroxyl groups is 7. The van der Waals surface area contributed by atoms with Crippen LogP contribution in [0.5, 0.6) is 28.7 Å². The average molecular weight is 584 g/mol. The Morgan fingerprint density at radius 1 is 0.780 bits per heavy atom. The van der Waals surface area contributed by atoms with E-state index in [0.29, 0.717) is 5.56 Å². The summed E-state index contributed by atoms with van der Waals surface area (Å²) in [4.78, 5) is 0. The van der Waals surface area contributed by atoms with E-state index in [1.807, 2.05) is 0 Å². The highest BCUT2D eigenvalue weighted by Gasteiger charge is 2.48. The Kier molecular flexibility index (Phi) is 8.15. The van der Waals surface area contributed by atoms with Crippen LogP contribution >= 0.6 is 0 Å². The third-order valence-corrected chi connectivity index (χ3v) is 7.06. The van der Waals surface area contributed by atoms with Crippen molar-refractivity contribution in [3.05, 3.63) is 47.2 Å². The lowest BCUT2D eigenvalue weighted by Gasteiger charge is -2.42. The summed E-state index contributed by atoms with van der Waals surface area (Å²) in [7, 11) is 0. The molecule has 5 rings (SSSR count). The number of ether oxygens (including phenoxy) is 5. The Balaban J connectivity index is 1.39. The largest absolute Gasteiger partial charge is 0.571 e. The second kappa shape index (κ2) is 11.5. The van der Waals surface area contributed by atoms with Gasteiger partial charge in [-0.2, -0.15) is 0 Å². The Morgan fingerprint density at radius 3 is 2.24 bits per heavy atom. The van der Waals surface area contributed by atoms with Gasteiger partial charge in [-0.1, -0.05) is 0 Å². The summed E-state index contributed by atoms with van der Waals surface area (Å²) in [5.74, 6) is -1.35. The minimum atomic E-state index is -1.79. The molecule has 2 fully saturated rings. The van der Waals surface area contributed by atoms with Gasteiger partial charge >= 0.3 is 0 Å². The molecule has 10 atom stereocenters. The fourth-order valence-corrected chi connectivity index (χ4v) is 4.74. The molecule has 3 heterocycles. The number of hydrogen-bond acceptors (Lipinski definition) is 14. The number of aliphatic hydroxyl groups excluding tert-OH is 6. The SMILES string of the molecule is Oc1cc(O)c2c(c1)[OH+]C(c1ccc(O)c(O)c1)C(O[C@@H]1O[C@H](CO[C@@H]3OC[C@@H](O)[C@H](O)[C@H]3O)[C@@H](O)[C@H](O)[C@H]1O)=C2. The first kappa shape index (κ1) is 29.1. The molecule has 0 amide bonds. The molecule has 0 radical (unpaired) electrons. The Bertz CT molecular complexity index is 1280. The van der Waals surface area contributed by atoms with Crippen molar-refractivity contribution in [3.8, 4) is 28.7 Å². The Hall–Kier alpha value is -3.38. The van der Waals surface area contributed by atoms with E-state index in [1.54, 1.807) is 0 Å². The summed E-state index contributed by atoms with van der Waals surface area (Å²) in [6.07, 6.45) is -13.8. The van der Waals surface area contributed by atoms with Gasteiger partial charge in [0, 0.05) is 12.1 Å². The van der Waals surface area contributed by atoms with Crippen LogP contribution in [0.15, 0.2) is 36.1 Å². The maximum absolute atomic E-state index is 10.7. The number of phenols is 4. The minimum Gasteiger partial charge on any atom is -0.571 e. The second-order valence-corrected chi connectivity index (χ2v) is 9.94. The van der Waals surface area contributed by atoms with Gasteiger partial charge in [-0.05, 0) is 18.2 Å². The first-order valence-corrected chi connectivity index (χ1v) is 12.6. The molecule has 0 spiro atoms. The third-order valence-electron chi connectivity index (χ3n) is 7.06. The molecule has 1 unspecified atom stereocenters. The maximum Gasteiger partial charge on any atom is 0.270 e. The van der Waals surface area contributed by atoms with E-state index in [-0.39, 0.29) is 35.2 Å². The van der Waals surface area contributed by atoms with Gasteiger partial charge in [-0.3, -0.25) is 0 Å². The summed E-state index contributed by atoms with van der Waals surface area (Å²) < 4.78 is 26.7. The molecular formula is C26H31O15+. The molecule has 0 aromatic heterocycles. The highest BCUT2D eigenvalue weighted by Crippen LogP contribution is 2.46. The van der Waals surface area contributed by atoms with Crippen LogP contribution in [0.4, 0.5) is 0 Å². The highest BCUT2D eigenvalue weighted by molar-refractivity contribution is 5.69. The summed E-state index contributed by atoms with van der Waals surface area (Å²) in [6.45, 7) is -0.834. The molecule has 2 saturated heterocycles. The molecule has 0 aliphatic carbocycles. The molecule has 224 valence electrons. The number of rotatable bonds is 6. The van der Waals surface area contributed by atoms with Gasteiger partial charge in [0.05, 0.1) is 24.8 Å². The van der Waals surface area contributed by atoms with Gasteiger partial charge < -0.3 is 74.7 Å². The lowest BCUT2D eigenvalue weighted by atomic mass is 9.98. The van der Waals surface area contributed by atoms with Crippen molar-refractivity contribution in [2.24, 2.45) is 0 Å². The molecule has 0 bridgehead atoms. The lowest BCUT2D eigenvalue weighted by Crippen LogP contribution is -2.60. The molecule has 2 aromatic carbocycles. The standard InChI is InChI=1S/C26H30O15/c27-10-4-13(29)11-6-17(24(39-16(11)5-10)9-1-2-12(28)14(30)3-9)40-26-23(36)21(34)20(33)18(41-26)8-38-25-22(35)19(32)15(31)7-37-25/h1-6,15,18-36H,7-8H2/p+1/t15-,18-,19+,20-,21+,22-,23-,24?,25+,26-/m1/s1. The van der Waals surface area contributed by atoms with Crippen molar-refractivity contribution in [1.29, 1.82) is 0 Å². The smallest absolute Gasteiger partial charge is 0.270 e. The number of hydrogen-bond donors (Lipinski definition) is 10. The molecule has 41 heavy (non-hydrogen) atoms. The normalized spacial score (nSPS) is 35.2. The van der Waals surface area contributed by atoms with Crippen LogP contribution in [0, 0.1) is 0 Å². The molecule has 11 N–H and O–H groups in total. The van der Waals surface area contributed by atoms with E-state index in [4.69, 9.17) is 18.9 Å². The molecule has 2 aromatic rings. The summed E-state index contributed by atoms with van der Waals surface area (Å²) in [6, 6.07) is 6.22. The number of benzene rings is 2. The van der Waals surface area contributed by atoms with Gasteiger partial charge in [0.2, 0.25) is 6.29 Å². The van der Waals surface area contributed by atoms with Crippen molar-refractivity contribution >= 4 is 6.08 Å². The number of aromatic hydroxyl groups is 5. The van der Waals surface area contributed by atoms with Crippen molar-refractivity contribution in [1.82, 2.24) is 0 Å². The fourth-order valence-electron chi connectivity index (χ4n) is 4.74. The van der Waals surface area contributed by atoms with Crippen molar-refractivity contribution < 1.29 is 74.7 Å². The first-order valence-electron chi connectivity index (χ1n) is 12.6. The summed E-state index contributed by atoms with van der Waals surface area (Å²) >= 11 is 0. The van der Waals surface area contributed by atoms with Crippen molar-refractivity contribution in [3.63, 3.8) is 0 Å². The number of fused-ring (bicyclic) bond motifs is 1. The molecule has 15 heteroatoms. The predicted molar refractivity (Wildman–Crippen MR) is 133 cm³/mol. The zero-order chi connectivity index (χ0) is 29.6. The molecule has 0 saturated carbocycles. The van der Waals surface area contributed by atoms with Crippen LogP contribution in [0.1, 0.15) is 17.2 Å². The first-order chi connectivity index (χ1) is 19.4. The lowest BCUT2D eigenvalue weighted by molar-refractivity contribution is -0.317. The average Bonchev–Trinajstić information content (AvgIpc) is 2.93. The van der Waals surface area contributed by atoms with Gasteiger partial charge in [0.25, 0.3) is 11.9 Å². The van der Waals surface area contributed by atoms with E-state index in [2.05, 4.69) is 4.74 Å². The monoisotopic (exact) mass is 583 g/mol. The van der Waals surface area contributed by atoms with Crippen molar-refractivity contribution in [2.75, 3.05) is 13.2 Å². The highest BCUT2D eigenvalue weighted by atomic mass is 16.7. The van der Waals surface area contributed by atoms with Crippen LogP contribution in [0.3, 0.4) is 0 Å². The second-order valence-electron chi connectivity index (χ2n) is 9.94. The van der Waals surface area contributed by atoms with E-state index >= 15 is 0 Å². The quantitative estimate of drug-likeness (QED) is 0.132. The summed E-state index contributed by atoms with van der Waals surface area (Å²) in [5, 5.41) is 101. The van der Waals surface area contributed by atoms with Crippen LogP contribution in [0.25, 0.3) is 6.08 Å². The van der Waals surface area contributed by atoms with E-state index < -0.39 is 79.5 Å². The molecule has 15 nitrogen and oxygen atoms in total. The van der Waals surface area contributed by atoms with Gasteiger partial charge in [-0.15, -0.1) is 0 Å².